The predicted octanol–water partition coefficient (Wildman–Crippen LogP) is 3.24. The van der Waals surface area contributed by atoms with Gasteiger partial charge in [-0.3, -0.25) is 0 Å². The van der Waals surface area contributed by atoms with E-state index in [1.807, 2.05) is 23.0 Å². The maximum absolute atomic E-state index is 5.74. The van der Waals surface area contributed by atoms with Crippen molar-refractivity contribution in [2.75, 3.05) is 11.9 Å². The van der Waals surface area contributed by atoms with Crippen molar-refractivity contribution in [1.29, 1.82) is 0 Å². The van der Waals surface area contributed by atoms with E-state index in [-0.39, 0.29) is 0 Å². The number of nitrogens with one attached hydrogen (secondary N) is 1. The highest BCUT2D eigenvalue weighted by molar-refractivity contribution is 5.61. The van der Waals surface area contributed by atoms with Crippen LogP contribution >= 0.6 is 0 Å². The van der Waals surface area contributed by atoms with Crippen LogP contribution in [0, 0.1) is 0 Å². The van der Waals surface area contributed by atoms with Crippen molar-refractivity contribution >= 4 is 5.69 Å². The van der Waals surface area contributed by atoms with Crippen molar-refractivity contribution in [3.8, 4) is 5.69 Å². The Morgan fingerprint density at radius 3 is 3.05 bits per heavy atom. The summed E-state index contributed by atoms with van der Waals surface area (Å²) in [5, 5.41) is 7.98. The van der Waals surface area contributed by atoms with Crippen LogP contribution in [0.4, 0.5) is 5.69 Å². The Kier molecular flexibility index (Phi) is 4.02. The summed E-state index contributed by atoms with van der Waals surface area (Å²) in [6.07, 6.45) is 7.38. The molecule has 1 aliphatic heterocycles. The topological polar surface area (TPSA) is 39.1 Å². The van der Waals surface area contributed by atoms with Crippen LogP contribution in [0.1, 0.15) is 26.2 Å². The van der Waals surface area contributed by atoms with E-state index >= 15 is 0 Å². The van der Waals surface area contributed by atoms with E-state index in [1.165, 1.54) is 0 Å². The number of hydrogen-bond acceptors (Lipinski definition) is 3. The lowest BCUT2D eigenvalue weighted by Gasteiger charge is -2.30. The molecule has 0 amide bonds. The number of hydrogen-bond donors (Lipinski definition) is 1. The largest absolute Gasteiger partial charge is 0.380 e. The summed E-state index contributed by atoms with van der Waals surface area (Å²) in [6.45, 7) is 3.03. The SMILES string of the molecule is CCC1CC(Nc2ccccc2-n2cccn2)CCO1. The van der Waals surface area contributed by atoms with Crippen LogP contribution in [0.5, 0.6) is 0 Å². The monoisotopic (exact) mass is 271 g/mol. The number of nitrogens with zero attached hydrogens (tertiary/aromatic N) is 2. The van der Waals surface area contributed by atoms with Gasteiger partial charge in [0.15, 0.2) is 0 Å². The minimum Gasteiger partial charge on any atom is -0.380 e. The highest BCUT2D eigenvalue weighted by Crippen LogP contribution is 2.24. The Morgan fingerprint density at radius 2 is 2.25 bits per heavy atom. The summed E-state index contributed by atoms with van der Waals surface area (Å²) in [6, 6.07) is 10.7. The molecule has 1 fully saturated rings. The molecule has 2 heterocycles. The Balaban J connectivity index is 1.77. The second-order valence-electron chi connectivity index (χ2n) is 5.23. The smallest absolute Gasteiger partial charge is 0.0876 e. The van der Waals surface area contributed by atoms with E-state index in [0.29, 0.717) is 12.1 Å². The minimum atomic E-state index is 0.387. The zero-order valence-corrected chi connectivity index (χ0v) is 11.8. The molecule has 2 aromatic rings. The number of rotatable bonds is 4. The molecule has 0 bridgehead atoms. The molecule has 1 saturated heterocycles. The molecule has 2 unspecified atom stereocenters. The average molecular weight is 271 g/mol. The maximum atomic E-state index is 5.74. The zero-order chi connectivity index (χ0) is 13.8. The van der Waals surface area contributed by atoms with E-state index < -0.39 is 0 Å². The first-order valence-electron chi connectivity index (χ1n) is 7.34. The van der Waals surface area contributed by atoms with Gasteiger partial charge in [-0.2, -0.15) is 5.10 Å². The molecule has 0 radical (unpaired) electrons. The molecule has 2 atom stereocenters. The van der Waals surface area contributed by atoms with Crippen molar-refractivity contribution in [3.05, 3.63) is 42.7 Å². The highest BCUT2D eigenvalue weighted by atomic mass is 16.5. The van der Waals surface area contributed by atoms with Gasteiger partial charge in [0, 0.05) is 25.0 Å². The molecular formula is C16H21N3O. The normalized spacial score (nSPS) is 22.6. The summed E-state index contributed by atoms with van der Waals surface area (Å²) in [7, 11) is 0. The van der Waals surface area contributed by atoms with Gasteiger partial charge in [-0.15, -0.1) is 0 Å². The highest BCUT2D eigenvalue weighted by Gasteiger charge is 2.21. The first-order chi connectivity index (χ1) is 9.86. The van der Waals surface area contributed by atoms with Gasteiger partial charge in [-0.1, -0.05) is 19.1 Å². The van der Waals surface area contributed by atoms with Crippen molar-refractivity contribution in [2.24, 2.45) is 0 Å². The summed E-state index contributed by atoms with van der Waals surface area (Å²) in [5.74, 6) is 0. The molecule has 1 N–H and O–H groups in total. The Hall–Kier alpha value is -1.81. The number of para-hydroxylation sites is 2. The van der Waals surface area contributed by atoms with Gasteiger partial charge >= 0.3 is 0 Å². The standard InChI is InChI=1S/C16H21N3O/c1-2-14-12-13(8-11-20-14)18-15-6-3-4-7-16(15)19-10-5-9-17-19/h3-7,9-10,13-14,18H,2,8,11-12H2,1H3. The molecule has 0 aliphatic carbocycles. The third-order valence-corrected chi connectivity index (χ3v) is 3.84. The molecule has 3 rings (SSSR count). The predicted molar refractivity (Wildman–Crippen MR) is 80.2 cm³/mol. The van der Waals surface area contributed by atoms with Gasteiger partial charge in [-0.25, -0.2) is 4.68 Å². The number of aromatic nitrogens is 2. The third-order valence-electron chi connectivity index (χ3n) is 3.84. The second kappa shape index (κ2) is 6.09. The van der Waals surface area contributed by atoms with Crippen LogP contribution in [0.15, 0.2) is 42.7 Å². The quantitative estimate of drug-likeness (QED) is 0.928. The van der Waals surface area contributed by atoms with Gasteiger partial charge < -0.3 is 10.1 Å². The second-order valence-corrected chi connectivity index (χ2v) is 5.23. The summed E-state index contributed by atoms with van der Waals surface area (Å²) < 4.78 is 7.64. The zero-order valence-electron chi connectivity index (χ0n) is 11.8. The Labute approximate surface area is 119 Å². The van der Waals surface area contributed by atoms with E-state index in [1.54, 1.807) is 6.20 Å². The maximum Gasteiger partial charge on any atom is 0.0876 e. The van der Waals surface area contributed by atoms with Crippen molar-refractivity contribution < 1.29 is 4.74 Å². The Bertz CT molecular complexity index is 538. The molecule has 1 aromatic heterocycles. The lowest BCUT2D eigenvalue weighted by molar-refractivity contribution is 0.00925. The molecule has 0 saturated carbocycles. The molecule has 106 valence electrons. The molecule has 1 aliphatic rings. The summed E-state index contributed by atoms with van der Waals surface area (Å²) >= 11 is 0. The molecule has 4 nitrogen and oxygen atoms in total. The molecular weight excluding hydrogens is 250 g/mol. The van der Waals surface area contributed by atoms with Crippen molar-refractivity contribution in [1.82, 2.24) is 9.78 Å². The first kappa shape index (κ1) is 13.2. The fourth-order valence-corrected chi connectivity index (χ4v) is 2.72. The molecule has 0 spiro atoms. The number of anilines is 1. The fraction of sp³-hybridized carbons (Fsp3) is 0.438. The van der Waals surface area contributed by atoms with Crippen molar-refractivity contribution in [2.45, 2.75) is 38.3 Å². The lowest BCUT2D eigenvalue weighted by Crippen LogP contribution is -2.34. The van der Waals surface area contributed by atoms with Gasteiger partial charge in [-0.05, 0) is 37.5 Å². The molecule has 4 heteroatoms. The van der Waals surface area contributed by atoms with Crippen LogP contribution in [0.2, 0.25) is 0 Å². The first-order valence-corrected chi connectivity index (χ1v) is 7.34. The lowest BCUT2D eigenvalue weighted by atomic mass is 10.0. The number of benzene rings is 1. The van der Waals surface area contributed by atoms with E-state index in [9.17, 15) is 0 Å². The molecule has 1 aromatic carbocycles. The fourth-order valence-electron chi connectivity index (χ4n) is 2.72. The van der Waals surface area contributed by atoms with E-state index in [2.05, 4.69) is 35.5 Å². The van der Waals surface area contributed by atoms with Crippen LogP contribution in [-0.2, 0) is 4.74 Å². The average Bonchev–Trinajstić information content (AvgIpc) is 3.02. The van der Waals surface area contributed by atoms with Crippen LogP contribution in [0.3, 0.4) is 0 Å². The van der Waals surface area contributed by atoms with Crippen LogP contribution in [0.25, 0.3) is 5.69 Å². The Morgan fingerprint density at radius 1 is 1.35 bits per heavy atom. The van der Waals surface area contributed by atoms with Gasteiger partial charge in [0.25, 0.3) is 0 Å². The van der Waals surface area contributed by atoms with E-state index in [4.69, 9.17) is 4.74 Å². The summed E-state index contributed by atoms with van der Waals surface area (Å²) in [5.41, 5.74) is 2.23. The van der Waals surface area contributed by atoms with Gasteiger partial charge in [0.2, 0.25) is 0 Å². The number of ether oxygens (including phenoxy) is 1. The summed E-state index contributed by atoms with van der Waals surface area (Å²) in [4.78, 5) is 0. The third kappa shape index (κ3) is 2.85. The molecule has 20 heavy (non-hydrogen) atoms. The van der Waals surface area contributed by atoms with Crippen LogP contribution < -0.4 is 5.32 Å². The van der Waals surface area contributed by atoms with Gasteiger partial charge in [0.1, 0.15) is 0 Å². The van der Waals surface area contributed by atoms with E-state index in [0.717, 1.165) is 37.2 Å². The minimum absolute atomic E-state index is 0.387. The van der Waals surface area contributed by atoms with Crippen LogP contribution in [-0.4, -0.2) is 28.5 Å². The van der Waals surface area contributed by atoms with Gasteiger partial charge in [0.05, 0.1) is 17.5 Å². The van der Waals surface area contributed by atoms with Crippen molar-refractivity contribution in [3.63, 3.8) is 0 Å².